The predicted molar refractivity (Wildman–Crippen MR) is 95.4 cm³/mol. The van der Waals surface area contributed by atoms with Crippen LogP contribution in [0.15, 0.2) is 23.2 Å². The summed E-state index contributed by atoms with van der Waals surface area (Å²) in [5.41, 5.74) is 6.76. The second kappa shape index (κ2) is 10.4. The lowest BCUT2D eigenvalue weighted by Crippen LogP contribution is -2.37. The molecule has 7 heteroatoms. The van der Waals surface area contributed by atoms with E-state index in [9.17, 15) is 4.79 Å². The van der Waals surface area contributed by atoms with Gasteiger partial charge in [-0.05, 0) is 31.0 Å². The zero-order valence-electron chi connectivity index (χ0n) is 14.9. The summed E-state index contributed by atoms with van der Waals surface area (Å²) in [6.45, 7) is 4.87. The van der Waals surface area contributed by atoms with Crippen molar-refractivity contribution in [3.63, 3.8) is 0 Å². The molecular formula is C17H28N4O3. The third-order valence-electron chi connectivity index (χ3n) is 3.56. The molecule has 0 aliphatic carbocycles. The highest BCUT2D eigenvalue weighted by atomic mass is 16.5. The summed E-state index contributed by atoms with van der Waals surface area (Å²) in [6, 6.07) is 5.77. The van der Waals surface area contributed by atoms with Gasteiger partial charge in [-0.25, -0.2) is 4.99 Å². The van der Waals surface area contributed by atoms with Crippen LogP contribution >= 0.6 is 0 Å². The summed E-state index contributed by atoms with van der Waals surface area (Å²) < 4.78 is 10.4. The monoisotopic (exact) mass is 336 g/mol. The highest BCUT2D eigenvalue weighted by Crippen LogP contribution is 2.27. The van der Waals surface area contributed by atoms with Crippen molar-refractivity contribution in [2.24, 2.45) is 10.7 Å². The first-order valence-electron chi connectivity index (χ1n) is 8.04. The van der Waals surface area contributed by atoms with Crippen molar-refractivity contribution in [3.8, 4) is 11.5 Å². The van der Waals surface area contributed by atoms with Crippen molar-refractivity contribution in [1.82, 2.24) is 10.6 Å². The molecule has 0 spiro atoms. The first-order chi connectivity index (χ1) is 11.5. The first kappa shape index (κ1) is 19.6. The number of hydrogen-bond donors (Lipinski definition) is 3. The topological polar surface area (TPSA) is 98.0 Å². The van der Waals surface area contributed by atoms with Crippen LogP contribution in [-0.2, 0) is 11.3 Å². The zero-order chi connectivity index (χ0) is 17.9. The number of carbonyl (C=O) groups is 1. The molecule has 0 saturated heterocycles. The van der Waals surface area contributed by atoms with Crippen molar-refractivity contribution < 1.29 is 14.3 Å². The number of aliphatic imine (C=N–C) groups is 1. The number of hydrogen-bond acceptors (Lipinski definition) is 4. The van der Waals surface area contributed by atoms with Gasteiger partial charge in [0.05, 0.1) is 20.8 Å². The molecule has 1 atom stereocenters. The van der Waals surface area contributed by atoms with E-state index >= 15 is 0 Å². The maximum absolute atomic E-state index is 11.6. The van der Waals surface area contributed by atoms with Gasteiger partial charge in [0.15, 0.2) is 17.5 Å². The second-order valence-corrected chi connectivity index (χ2v) is 5.44. The van der Waals surface area contributed by atoms with Crippen LogP contribution in [-0.4, -0.2) is 38.7 Å². The quantitative estimate of drug-likeness (QED) is 0.468. The molecule has 7 nitrogen and oxygen atoms in total. The maximum atomic E-state index is 11.6. The number of nitrogens with two attached hydrogens (primary N) is 1. The van der Waals surface area contributed by atoms with E-state index in [2.05, 4.69) is 15.6 Å². The number of benzene rings is 1. The fourth-order valence-corrected chi connectivity index (χ4v) is 1.96. The van der Waals surface area contributed by atoms with Crippen LogP contribution in [0.1, 0.15) is 32.3 Å². The summed E-state index contributed by atoms with van der Waals surface area (Å²) in [5.74, 6) is 1.63. The summed E-state index contributed by atoms with van der Waals surface area (Å²) >= 11 is 0. The molecule has 1 aromatic carbocycles. The van der Waals surface area contributed by atoms with E-state index in [1.165, 1.54) is 0 Å². The Labute approximate surface area is 143 Å². The molecule has 4 N–H and O–H groups in total. The van der Waals surface area contributed by atoms with Crippen molar-refractivity contribution in [2.45, 2.75) is 39.3 Å². The fraction of sp³-hybridized carbons (Fsp3) is 0.529. The minimum absolute atomic E-state index is 0.00420. The van der Waals surface area contributed by atoms with Gasteiger partial charge < -0.3 is 25.8 Å². The van der Waals surface area contributed by atoms with Crippen molar-refractivity contribution in [1.29, 1.82) is 0 Å². The van der Waals surface area contributed by atoms with Gasteiger partial charge in [0.1, 0.15) is 0 Å². The van der Waals surface area contributed by atoms with Crippen LogP contribution in [0, 0.1) is 0 Å². The Hall–Kier alpha value is -2.44. The number of methoxy groups -OCH3 is 2. The van der Waals surface area contributed by atoms with Gasteiger partial charge >= 0.3 is 0 Å². The Morgan fingerprint density at radius 2 is 2.00 bits per heavy atom. The average Bonchev–Trinajstić information content (AvgIpc) is 2.59. The van der Waals surface area contributed by atoms with Crippen molar-refractivity contribution in [2.75, 3.05) is 20.8 Å². The third kappa shape index (κ3) is 6.76. The van der Waals surface area contributed by atoms with Crippen molar-refractivity contribution in [3.05, 3.63) is 23.8 Å². The van der Waals surface area contributed by atoms with Gasteiger partial charge in [0.2, 0.25) is 5.91 Å². The highest BCUT2D eigenvalue weighted by Gasteiger charge is 2.06. The van der Waals surface area contributed by atoms with E-state index in [0.717, 1.165) is 12.0 Å². The lowest BCUT2D eigenvalue weighted by Gasteiger charge is -2.11. The number of nitrogens with zero attached hydrogens (tertiary/aromatic N) is 1. The van der Waals surface area contributed by atoms with Gasteiger partial charge in [-0.1, -0.05) is 13.0 Å². The van der Waals surface area contributed by atoms with Gasteiger partial charge in [0.25, 0.3) is 0 Å². The minimum Gasteiger partial charge on any atom is -0.493 e. The average molecular weight is 336 g/mol. The Bertz CT molecular complexity index is 561. The molecule has 0 saturated carbocycles. The van der Waals surface area contributed by atoms with E-state index < -0.39 is 0 Å². The molecule has 24 heavy (non-hydrogen) atoms. The predicted octanol–water partition coefficient (Wildman–Crippen LogP) is 1.41. The van der Waals surface area contributed by atoms with Crippen LogP contribution in [0.5, 0.6) is 11.5 Å². The summed E-state index contributed by atoms with van der Waals surface area (Å²) in [5, 5.41) is 5.84. The van der Waals surface area contributed by atoms with Crippen LogP contribution in [0.25, 0.3) is 0 Å². The molecule has 0 aliphatic heterocycles. The summed E-state index contributed by atoms with van der Waals surface area (Å²) in [7, 11) is 3.18. The molecule has 0 aromatic heterocycles. The SMILES string of the molecule is CCC(C)NC(=O)CCNC(N)=NCc1ccc(OC)c(OC)c1. The standard InChI is InChI=1S/C17H28N4O3/c1-5-12(2)21-16(22)8-9-19-17(18)20-11-13-6-7-14(23-3)15(10-13)24-4/h6-7,10,12H,5,8-9,11H2,1-4H3,(H,21,22)(H3,18,19,20). The van der Waals surface area contributed by atoms with Gasteiger partial charge in [-0.2, -0.15) is 0 Å². The molecule has 1 rings (SSSR count). The number of ether oxygens (including phenoxy) is 2. The molecule has 0 bridgehead atoms. The van der Waals surface area contributed by atoms with E-state index in [1.54, 1.807) is 14.2 Å². The maximum Gasteiger partial charge on any atom is 0.221 e. The largest absolute Gasteiger partial charge is 0.493 e. The van der Waals surface area contributed by atoms with Crippen LogP contribution in [0.3, 0.4) is 0 Å². The molecule has 134 valence electrons. The smallest absolute Gasteiger partial charge is 0.221 e. The number of amides is 1. The molecule has 0 aliphatic rings. The fourth-order valence-electron chi connectivity index (χ4n) is 1.96. The van der Waals surface area contributed by atoms with Gasteiger partial charge in [-0.15, -0.1) is 0 Å². The van der Waals surface area contributed by atoms with Crippen LogP contribution in [0.2, 0.25) is 0 Å². The number of nitrogens with one attached hydrogen (secondary N) is 2. The molecular weight excluding hydrogens is 308 g/mol. The van der Waals surface area contributed by atoms with E-state index in [-0.39, 0.29) is 11.9 Å². The second-order valence-electron chi connectivity index (χ2n) is 5.44. The Balaban J connectivity index is 2.43. The Morgan fingerprint density at radius 3 is 2.62 bits per heavy atom. The van der Waals surface area contributed by atoms with Crippen LogP contribution < -0.4 is 25.8 Å². The Morgan fingerprint density at radius 1 is 1.29 bits per heavy atom. The number of carbonyl (C=O) groups excluding carboxylic acids is 1. The molecule has 1 amide bonds. The Kier molecular flexibility index (Phi) is 8.46. The summed E-state index contributed by atoms with van der Waals surface area (Å²) in [6.07, 6.45) is 1.27. The number of rotatable bonds is 9. The summed E-state index contributed by atoms with van der Waals surface area (Å²) in [4.78, 5) is 15.9. The molecule has 0 radical (unpaired) electrons. The molecule has 1 unspecified atom stereocenters. The van der Waals surface area contributed by atoms with E-state index in [4.69, 9.17) is 15.2 Å². The number of guanidine groups is 1. The third-order valence-corrected chi connectivity index (χ3v) is 3.56. The minimum atomic E-state index is 0.00420. The first-order valence-corrected chi connectivity index (χ1v) is 8.04. The van der Waals surface area contributed by atoms with E-state index in [1.807, 2.05) is 32.0 Å². The molecule has 0 fully saturated rings. The molecule has 1 aromatic rings. The van der Waals surface area contributed by atoms with Crippen LogP contribution in [0.4, 0.5) is 0 Å². The zero-order valence-corrected chi connectivity index (χ0v) is 14.9. The highest BCUT2D eigenvalue weighted by molar-refractivity contribution is 5.80. The van der Waals surface area contributed by atoms with E-state index in [0.29, 0.717) is 37.0 Å². The lowest BCUT2D eigenvalue weighted by atomic mass is 10.2. The van der Waals surface area contributed by atoms with Gasteiger partial charge in [0, 0.05) is 19.0 Å². The lowest BCUT2D eigenvalue weighted by molar-refractivity contribution is -0.121. The van der Waals surface area contributed by atoms with Gasteiger partial charge in [-0.3, -0.25) is 4.79 Å². The molecule has 0 heterocycles. The van der Waals surface area contributed by atoms with Crippen molar-refractivity contribution >= 4 is 11.9 Å². The normalized spacial score (nSPS) is 12.4.